The van der Waals surface area contributed by atoms with Crippen LogP contribution in [-0.2, 0) is 9.53 Å². The average Bonchev–Trinajstić information content (AvgIpc) is 3.01. The highest BCUT2D eigenvalue weighted by Gasteiger charge is 2.57. The molecule has 3 heterocycles. The molecular formula is C21H23N5O6S. The van der Waals surface area contributed by atoms with E-state index in [1.807, 2.05) is 12.1 Å². The number of anilines is 1. The van der Waals surface area contributed by atoms with Gasteiger partial charge in [-0.05, 0) is 19.1 Å². The van der Waals surface area contributed by atoms with E-state index >= 15 is 0 Å². The van der Waals surface area contributed by atoms with E-state index in [9.17, 15) is 30.5 Å². The van der Waals surface area contributed by atoms with Crippen molar-refractivity contribution in [3.8, 4) is 6.07 Å². The Morgan fingerprint density at radius 2 is 1.91 bits per heavy atom. The first kappa shape index (κ1) is 23.5. The van der Waals surface area contributed by atoms with Crippen molar-refractivity contribution in [3.05, 3.63) is 40.9 Å². The lowest BCUT2D eigenvalue weighted by Gasteiger charge is -2.40. The summed E-state index contributed by atoms with van der Waals surface area (Å²) in [6.07, 6.45) is -5.84. The molecule has 174 valence electrons. The number of aliphatic hydroxyl groups excluding tert-OH is 4. The maximum atomic E-state index is 13.3. The van der Waals surface area contributed by atoms with Gasteiger partial charge in [-0.1, -0.05) is 30.0 Å². The number of nitrogens with zero attached hydrogens (tertiary/aromatic N) is 4. The lowest BCUT2D eigenvalue weighted by molar-refractivity contribution is -0.205. The molecule has 6 atom stereocenters. The summed E-state index contributed by atoms with van der Waals surface area (Å²) in [4.78, 5) is 17.8. The summed E-state index contributed by atoms with van der Waals surface area (Å²) in [7, 11) is 1.63. The van der Waals surface area contributed by atoms with Crippen LogP contribution in [0.15, 0.2) is 45.9 Å². The first-order valence-electron chi connectivity index (χ1n) is 10.1. The fraction of sp³-hybridized carbons (Fsp3) is 0.429. The third-order valence-corrected chi connectivity index (χ3v) is 7.30. The van der Waals surface area contributed by atoms with Crippen molar-refractivity contribution in [2.45, 2.75) is 42.3 Å². The molecule has 1 aromatic rings. The molecule has 33 heavy (non-hydrogen) atoms. The molecule has 3 aliphatic rings. The fourth-order valence-electron chi connectivity index (χ4n) is 4.07. The molecule has 0 aliphatic carbocycles. The molecule has 1 amide bonds. The number of carbonyl (C=O) groups is 1. The topological polar surface area (TPSA) is 174 Å². The Kier molecular flexibility index (Phi) is 6.14. The number of para-hydroxylation sites is 1. The molecule has 3 aliphatic heterocycles. The van der Waals surface area contributed by atoms with Crippen LogP contribution in [0.2, 0.25) is 0 Å². The minimum atomic E-state index is -1.60. The molecule has 2 fully saturated rings. The quantitative estimate of drug-likeness (QED) is 0.382. The molecule has 0 aromatic heterocycles. The van der Waals surface area contributed by atoms with Crippen LogP contribution in [0, 0.1) is 16.7 Å². The number of hydrazine groups is 1. The number of carbonyl (C=O) groups excluding carboxylic acids is 1. The molecule has 5 N–H and O–H groups in total. The number of nitrogens with one attached hydrogen (secondary N) is 1. The van der Waals surface area contributed by atoms with Crippen molar-refractivity contribution < 1.29 is 30.0 Å². The number of fused-ring (bicyclic) bond motifs is 1. The van der Waals surface area contributed by atoms with E-state index in [0.717, 1.165) is 11.8 Å². The van der Waals surface area contributed by atoms with Crippen LogP contribution in [0.3, 0.4) is 0 Å². The van der Waals surface area contributed by atoms with Crippen molar-refractivity contribution in [2.24, 2.45) is 4.99 Å². The normalized spacial score (nSPS) is 34.9. The van der Waals surface area contributed by atoms with E-state index in [0.29, 0.717) is 5.69 Å². The zero-order valence-corrected chi connectivity index (χ0v) is 18.6. The number of aliphatic hydroxyl groups is 4. The predicted molar refractivity (Wildman–Crippen MR) is 119 cm³/mol. The monoisotopic (exact) mass is 473 g/mol. The second-order valence-corrected chi connectivity index (χ2v) is 9.08. The van der Waals surface area contributed by atoms with Gasteiger partial charge >= 0.3 is 0 Å². The number of benzene rings is 1. The zero-order chi connectivity index (χ0) is 24.1. The summed E-state index contributed by atoms with van der Waals surface area (Å²) in [5, 5.41) is 61.3. The van der Waals surface area contributed by atoms with Gasteiger partial charge in [0.1, 0.15) is 57.8 Å². The van der Waals surface area contributed by atoms with Gasteiger partial charge in [0.25, 0.3) is 5.91 Å². The number of amides is 1. The summed E-state index contributed by atoms with van der Waals surface area (Å²) in [5.41, 5.74) is -2.20. The Bertz CT molecular complexity index is 1090. The lowest BCUT2D eigenvalue weighted by Crippen LogP contribution is -2.57. The Morgan fingerprint density at radius 1 is 1.24 bits per heavy atom. The summed E-state index contributed by atoms with van der Waals surface area (Å²) >= 11 is 0.744. The largest absolute Gasteiger partial charge is 0.394 e. The standard InChI is InChI=1S/C21H23N5O6S/c1-21-16(23)11(8-22)18(33-20-15(30)14(29)13(28)12(9-27)32-20)24-17(21)19(31)26(25(21)2)10-6-4-3-5-7-10/h3-7,12-15,20,23,27-30H,9H2,1-2H3/t12-,13-,14+,15-,20+,21?/m1/s1. The van der Waals surface area contributed by atoms with Gasteiger partial charge in [0.15, 0.2) is 0 Å². The highest BCUT2D eigenvalue weighted by Crippen LogP contribution is 2.42. The lowest BCUT2D eigenvalue weighted by atomic mass is 9.85. The molecule has 12 heteroatoms. The molecule has 0 saturated carbocycles. The summed E-state index contributed by atoms with van der Waals surface area (Å²) in [5.74, 6) is -0.472. The number of hydrogen-bond donors (Lipinski definition) is 5. The van der Waals surface area contributed by atoms with Gasteiger partial charge in [-0.15, -0.1) is 0 Å². The van der Waals surface area contributed by atoms with Crippen LogP contribution >= 0.6 is 11.8 Å². The van der Waals surface area contributed by atoms with E-state index in [1.54, 1.807) is 43.2 Å². The average molecular weight is 474 g/mol. The van der Waals surface area contributed by atoms with Crippen molar-refractivity contribution in [3.63, 3.8) is 0 Å². The first-order chi connectivity index (χ1) is 15.7. The Labute approximate surface area is 193 Å². The highest BCUT2D eigenvalue weighted by molar-refractivity contribution is 8.03. The SMILES string of the molecule is CN1N(c2ccccc2)C(=O)C2=NC(S[C@@H]3O[C@H](CO)[C@@H](O)[C@H](O)[C@H]3O)=C(C#N)C(=N)C21C. The van der Waals surface area contributed by atoms with Crippen LogP contribution in [-0.4, -0.2) is 91.8 Å². The third-order valence-electron chi connectivity index (χ3n) is 6.16. The number of nitriles is 1. The van der Waals surface area contributed by atoms with Gasteiger partial charge in [-0.25, -0.2) is 10.0 Å². The highest BCUT2D eigenvalue weighted by atomic mass is 32.2. The Hall–Kier alpha value is -2.63. The molecular weight excluding hydrogens is 450 g/mol. The Morgan fingerprint density at radius 3 is 2.52 bits per heavy atom. The van der Waals surface area contributed by atoms with Crippen molar-refractivity contribution >= 4 is 34.8 Å². The molecule has 4 rings (SSSR count). The van der Waals surface area contributed by atoms with Crippen molar-refractivity contribution in [2.75, 3.05) is 18.7 Å². The minimum Gasteiger partial charge on any atom is -0.394 e. The van der Waals surface area contributed by atoms with Crippen LogP contribution < -0.4 is 5.01 Å². The Balaban J connectivity index is 1.72. The van der Waals surface area contributed by atoms with E-state index in [-0.39, 0.29) is 22.0 Å². The molecule has 11 nitrogen and oxygen atoms in total. The van der Waals surface area contributed by atoms with E-state index < -0.39 is 47.9 Å². The molecule has 1 unspecified atom stereocenters. The second-order valence-electron chi connectivity index (χ2n) is 7.99. The van der Waals surface area contributed by atoms with Gasteiger partial charge in [0.2, 0.25) is 0 Å². The number of ether oxygens (including phenoxy) is 1. The predicted octanol–water partition coefficient (Wildman–Crippen LogP) is -0.619. The minimum absolute atomic E-state index is 0.0185. The number of rotatable bonds is 4. The van der Waals surface area contributed by atoms with Gasteiger partial charge in [0.05, 0.1) is 18.0 Å². The molecule has 2 saturated heterocycles. The van der Waals surface area contributed by atoms with Gasteiger partial charge in [-0.3, -0.25) is 4.79 Å². The van der Waals surface area contributed by atoms with E-state index in [2.05, 4.69) is 4.99 Å². The van der Waals surface area contributed by atoms with Gasteiger partial charge in [0, 0.05) is 7.05 Å². The summed E-state index contributed by atoms with van der Waals surface area (Å²) in [6.45, 7) is 1.02. The first-order valence-corrected chi connectivity index (χ1v) is 11.0. The van der Waals surface area contributed by atoms with E-state index in [4.69, 9.17) is 10.1 Å². The van der Waals surface area contributed by atoms with Crippen molar-refractivity contribution in [1.82, 2.24) is 5.01 Å². The van der Waals surface area contributed by atoms with Crippen LogP contribution in [0.1, 0.15) is 6.92 Å². The fourth-order valence-corrected chi connectivity index (χ4v) is 5.19. The van der Waals surface area contributed by atoms with Gasteiger partial charge < -0.3 is 30.6 Å². The third kappa shape index (κ3) is 3.49. The maximum absolute atomic E-state index is 13.3. The number of aliphatic imine (C=N–C) groups is 1. The molecule has 0 spiro atoms. The zero-order valence-electron chi connectivity index (χ0n) is 17.8. The van der Waals surface area contributed by atoms with Crippen molar-refractivity contribution in [1.29, 1.82) is 10.7 Å². The van der Waals surface area contributed by atoms with Crippen LogP contribution in [0.4, 0.5) is 5.69 Å². The smallest absolute Gasteiger partial charge is 0.289 e. The summed E-state index contributed by atoms with van der Waals surface area (Å²) < 4.78 is 5.50. The molecule has 0 radical (unpaired) electrons. The van der Waals surface area contributed by atoms with E-state index in [1.165, 1.54) is 5.01 Å². The summed E-state index contributed by atoms with van der Waals surface area (Å²) in [6, 6.07) is 10.8. The van der Waals surface area contributed by atoms with Crippen LogP contribution in [0.25, 0.3) is 0 Å². The molecule has 1 aromatic carbocycles. The number of thioether (sulfide) groups is 1. The van der Waals surface area contributed by atoms with Gasteiger partial charge in [-0.2, -0.15) is 10.3 Å². The number of hydrogen-bond acceptors (Lipinski definition) is 11. The second kappa shape index (κ2) is 8.62. The molecule has 0 bridgehead atoms. The maximum Gasteiger partial charge on any atom is 0.289 e. The van der Waals surface area contributed by atoms with Crippen LogP contribution in [0.5, 0.6) is 0 Å².